The van der Waals surface area contributed by atoms with E-state index in [9.17, 15) is 18.8 Å². The number of nitrogens with one attached hydrogen (secondary N) is 1. The molecule has 0 aliphatic carbocycles. The number of hydrogen-bond acceptors (Lipinski definition) is 5. The summed E-state index contributed by atoms with van der Waals surface area (Å²) in [6.45, 7) is 3.75. The molecule has 0 radical (unpaired) electrons. The van der Waals surface area contributed by atoms with Crippen LogP contribution in [-0.4, -0.2) is 25.2 Å². The van der Waals surface area contributed by atoms with Crippen molar-refractivity contribution in [3.05, 3.63) is 122 Å². The first kappa shape index (κ1) is 22.8. The summed E-state index contributed by atoms with van der Waals surface area (Å²) in [5, 5.41) is 6.77. The monoisotopic (exact) mass is 459 g/mol. The molecule has 1 amide bonds. The molecule has 0 aliphatic rings. The highest BCUT2D eigenvalue weighted by molar-refractivity contribution is 5.91. The van der Waals surface area contributed by atoms with Gasteiger partial charge in [-0.1, -0.05) is 18.2 Å². The second-order valence-electron chi connectivity index (χ2n) is 7.87. The summed E-state index contributed by atoms with van der Waals surface area (Å²) in [6.07, 6.45) is 3.18. The fraction of sp³-hybridized carbons (Fsp3) is 0.160. The number of benzene rings is 2. The lowest BCUT2D eigenvalue weighted by molar-refractivity contribution is 0.0941. The maximum absolute atomic E-state index is 13.7. The molecule has 34 heavy (non-hydrogen) atoms. The molecule has 0 spiro atoms. The second-order valence-corrected chi connectivity index (χ2v) is 7.87. The summed E-state index contributed by atoms with van der Waals surface area (Å²) in [4.78, 5) is 43.3. The van der Waals surface area contributed by atoms with Crippen molar-refractivity contribution in [3.8, 4) is 5.69 Å². The quantitative estimate of drug-likeness (QED) is 0.478. The number of pyridine rings is 1. The number of aromatic nitrogens is 4. The van der Waals surface area contributed by atoms with Gasteiger partial charge >= 0.3 is 5.69 Å². The van der Waals surface area contributed by atoms with Crippen LogP contribution in [0.4, 0.5) is 4.39 Å². The molecule has 9 heteroatoms. The normalized spacial score (nSPS) is 10.8. The molecule has 0 aliphatic heterocycles. The standard InChI is InChI=1S/C25H22FN5O3/c1-16-6-7-21(12-17(16)2)31-25(34)30(15-19-4-3-5-20(26)13-19)24(33)22(29-31)23(32)28-14-18-8-10-27-11-9-18/h3-13H,14-15H2,1-2H3,(H,28,32). The van der Waals surface area contributed by atoms with Gasteiger partial charge in [0.1, 0.15) is 5.82 Å². The average molecular weight is 459 g/mol. The Morgan fingerprint density at radius 1 is 0.971 bits per heavy atom. The number of aryl methyl sites for hydroxylation is 2. The Kier molecular flexibility index (Phi) is 6.44. The van der Waals surface area contributed by atoms with Crippen molar-refractivity contribution in [2.45, 2.75) is 26.9 Å². The first-order valence-corrected chi connectivity index (χ1v) is 10.6. The zero-order valence-electron chi connectivity index (χ0n) is 18.7. The van der Waals surface area contributed by atoms with Crippen LogP contribution in [0, 0.1) is 19.7 Å². The van der Waals surface area contributed by atoms with Gasteiger partial charge in [-0.2, -0.15) is 9.78 Å². The van der Waals surface area contributed by atoms with Crippen molar-refractivity contribution in [1.29, 1.82) is 0 Å². The van der Waals surface area contributed by atoms with Crippen molar-refractivity contribution < 1.29 is 9.18 Å². The highest BCUT2D eigenvalue weighted by Gasteiger charge is 2.21. The summed E-state index contributed by atoms with van der Waals surface area (Å²) in [6, 6.07) is 14.3. The van der Waals surface area contributed by atoms with E-state index in [4.69, 9.17) is 0 Å². The Morgan fingerprint density at radius 3 is 2.44 bits per heavy atom. The zero-order chi connectivity index (χ0) is 24.2. The molecule has 172 valence electrons. The minimum atomic E-state index is -0.860. The minimum absolute atomic E-state index is 0.148. The van der Waals surface area contributed by atoms with E-state index in [1.54, 1.807) is 42.7 Å². The summed E-state index contributed by atoms with van der Waals surface area (Å²) in [5.41, 5.74) is 1.49. The Hall–Kier alpha value is -4.40. The van der Waals surface area contributed by atoms with E-state index < -0.39 is 28.7 Å². The summed E-state index contributed by atoms with van der Waals surface area (Å²) >= 11 is 0. The van der Waals surface area contributed by atoms with Gasteiger partial charge in [-0.15, -0.1) is 0 Å². The molecule has 4 rings (SSSR count). The summed E-state index contributed by atoms with van der Waals surface area (Å²) < 4.78 is 15.6. The van der Waals surface area contributed by atoms with Crippen LogP contribution in [0.15, 0.2) is 76.6 Å². The predicted molar refractivity (Wildman–Crippen MR) is 124 cm³/mol. The molecule has 0 fully saturated rings. The number of rotatable bonds is 6. The molecule has 4 aromatic rings. The number of nitrogens with zero attached hydrogens (tertiary/aromatic N) is 4. The maximum Gasteiger partial charge on any atom is 0.352 e. The van der Waals surface area contributed by atoms with Gasteiger partial charge in [0.05, 0.1) is 12.2 Å². The molecule has 2 aromatic carbocycles. The van der Waals surface area contributed by atoms with Gasteiger partial charge in [-0.25, -0.2) is 9.18 Å². The number of halogens is 1. The first-order chi connectivity index (χ1) is 16.3. The van der Waals surface area contributed by atoms with Gasteiger partial charge < -0.3 is 5.32 Å². The van der Waals surface area contributed by atoms with Gasteiger partial charge in [0.2, 0.25) is 5.69 Å². The van der Waals surface area contributed by atoms with Gasteiger partial charge in [0, 0.05) is 18.9 Å². The molecule has 2 aromatic heterocycles. The van der Waals surface area contributed by atoms with Gasteiger partial charge in [-0.05, 0) is 72.5 Å². The van der Waals surface area contributed by atoms with E-state index >= 15 is 0 Å². The highest BCUT2D eigenvalue weighted by atomic mass is 19.1. The first-order valence-electron chi connectivity index (χ1n) is 10.6. The van der Waals surface area contributed by atoms with E-state index in [-0.39, 0.29) is 13.1 Å². The second kappa shape index (κ2) is 9.62. The van der Waals surface area contributed by atoms with Crippen LogP contribution >= 0.6 is 0 Å². The Labute approximate surface area is 194 Å². The van der Waals surface area contributed by atoms with E-state index in [1.807, 2.05) is 19.9 Å². The van der Waals surface area contributed by atoms with Crippen LogP contribution in [0.25, 0.3) is 5.69 Å². The maximum atomic E-state index is 13.7. The molecule has 0 saturated heterocycles. The molecular formula is C25H22FN5O3. The fourth-order valence-corrected chi connectivity index (χ4v) is 3.41. The van der Waals surface area contributed by atoms with Crippen molar-refractivity contribution in [1.82, 2.24) is 24.6 Å². The van der Waals surface area contributed by atoms with Gasteiger partial charge in [0.25, 0.3) is 11.5 Å². The molecule has 0 saturated carbocycles. The molecule has 0 unspecified atom stereocenters. The van der Waals surface area contributed by atoms with Crippen molar-refractivity contribution in [2.24, 2.45) is 0 Å². The number of carbonyl (C=O) groups excluding carboxylic acids is 1. The van der Waals surface area contributed by atoms with Crippen molar-refractivity contribution >= 4 is 5.91 Å². The van der Waals surface area contributed by atoms with E-state index in [2.05, 4.69) is 15.4 Å². The number of hydrogen-bond donors (Lipinski definition) is 1. The molecule has 1 N–H and O–H groups in total. The summed E-state index contributed by atoms with van der Waals surface area (Å²) in [7, 11) is 0. The third-order valence-electron chi connectivity index (χ3n) is 5.44. The molecular weight excluding hydrogens is 437 g/mol. The minimum Gasteiger partial charge on any atom is -0.346 e. The van der Waals surface area contributed by atoms with Crippen LogP contribution in [0.3, 0.4) is 0 Å². The molecule has 2 heterocycles. The fourth-order valence-electron chi connectivity index (χ4n) is 3.41. The van der Waals surface area contributed by atoms with E-state index in [0.29, 0.717) is 11.3 Å². The number of amides is 1. The molecule has 0 bridgehead atoms. The lowest BCUT2D eigenvalue weighted by Gasteiger charge is -2.13. The lowest BCUT2D eigenvalue weighted by atomic mass is 10.1. The van der Waals surface area contributed by atoms with Crippen LogP contribution in [0.5, 0.6) is 0 Å². The van der Waals surface area contributed by atoms with Crippen molar-refractivity contribution in [2.75, 3.05) is 0 Å². The van der Waals surface area contributed by atoms with Crippen molar-refractivity contribution in [3.63, 3.8) is 0 Å². The highest BCUT2D eigenvalue weighted by Crippen LogP contribution is 2.12. The topological polar surface area (TPSA) is 98.9 Å². The van der Waals surface area contributed by atoms with Crippen LogP contribution < -0.4 is 16.6 Å². The van der Waals surface area contributed by atoms with E-state index in [0.717, 1.165) is 25.9 Å². The zero-order valence-corrected chi connectivity index (χ0v) is 18.7. The third kappa shape index (κ3) is 4.83. The third-order valence-corrected chi connectivity index (χ3v) is 5.44. The SMILES string of the molecule is Cc1ccc(-n2nc(C(=O)NCc3ccncc3)c(=O)n(Cc3cccc(F)c3)c2=O)cc1C. The lowest BCUT2D eigenvalue weighted by Crippen LogP contribution is -2.46. The Morgan fingerprint density at radius 2 is 1.74 bits per heavy atom. The molecule has 8 nitrogen and oxygen atoms in total. The van der Waals surface area contributed by atoms with Gasteiger partial charge in [0.15, 0.2) is 0 Å². The molecule has 0 atom stereocenters. The number of carbonyl (C=O) groups is 1. The van der Waals surface area contributed by atoms with Gasteiger partial charge in [-0.3, -0.25) is 19.1 Å². The van der Waals surface area contributed by atoms with Crippen LogP contribution in [0.1, 0.15) is 32.7 Å². The summed E-state index contributed by atoms with van der Waals surface area (Å²) in [5.74, 6) is -1.23. The smallest absolute Gasteiger partial charge is 0.346 e. The Balaban J connectivity index is 1.81. The average Bonchev–Trinajstić information content (AvgIpc) is 2.83. The van der Waals surface area contributed by atoms with Crippen LogP contribution in [0.2, 0.25) is 0 Å². The van der Waals surface area contributed by atoms with E-state index in [1.165, 1.54) is 18.2 Å². The Bertz CT molecular complexity index is 1480. The van der Waals surface area contributed by atoms with Crippen LogP contribution in [-0.2, 0) is 13.1 Å². The predicted octanol–water partition coefficient (Wildman–Crippen LogP) is 2.52. The largest absolute Gasteiger partial charge is 0.352 e.